The van der Waals surface area contributed by atoms with E-state index in [-0.39, 0.29) is 54.5 Å². The molecule has 0 radical (unpaired) electrons. The molecule has 3 atom stereocenters. The van der Waals surface area contributed by atoms with Gasteiger partial charge < -0.3 is 14.9 Å². The highest BCUT2D eigenvalue weighted by molar-refractivity contribution is 5.96. The van der Waals surface area contributed by atoms with Gasteiger partial charge in [0.2, 0.25) is 5.91 Å². The third-order valence-electron chi connectivity index (χ3n) is 6.28. The minimum absolute atomic E-state index is 0.0480. The second kappa shape index (κ2) is 8.12. The molecule has 3 heterocycles. The Bertz CT molecular complexity index is 1160. The summed E-state index contributed by atoms with van der Waals surface area (Å²) in [6, 6.07) is 13.5. The summed E-state index contributed by atoms with van der Waals surface area (Å²) in [5, 5.41) is 9.96. The third-order valence-corrected chi connectivity index (χ3v) is 6.28. The fraction of sp³-hybridized carbons (Fsp3) is 0.250. The van der Waals surface area contributed by atoms with Crippen LogP contribution in [0.15, 0.2) is 67.1 Å². The number of aliphatic hydroxyl groups excluding tert-OH is 1. The maximum absolute atomic E-state index is 13.6. The van der Waals surface area contributed by atoms with Gasteiger partial charge in [-0.3, -0.25) is 14.6 Å². The molecule has 3 aromatic rings. The van der Waals surface area contributed by atoms with Crippen LogP contribution >= 0.6 is 0 Å². The van der Waals surface area contributed by atoms with E-state index in [2.05, 4.69) is 9.97 Å². The first-order valence-electron chi connectivity index (χ1n) is 10.4. The summed E-state index contributed by atoms with van der Waals surface area (Å²) in [5.41, 5.74) is 2.82. The van der Waals surface area contributed by atoms with Gasteiger partial charge >= 0.3 is 0 Å². The summed E-state index contributed by atoms with van der Waals surface area (Å²) >= 11 is 0. The van der Waals surface area contributed by atoms with Gasteiger partial charge in [-0.15, -0.1) is 0 Å². The fourth-order valence-electron chi connectivity index (χ4n) is 4.79. The zero-order valence-corrected chi connectivity index (χ0v) is 17.1. The molecule has 0 unspecified atom stereocenters. The van der Waals surface area contributed by atoms with Gasteiger partial charge in [0.05, 0.1) is 24.9 Å². The van der Waals surface area contributed by atoms with Crippen LogP contribution in [0.25, 0.3) is 11.1 Å². The van der Waals surface area contributed by atoms with Crippen molar-refractivity contribution in [3.05, 3.63) is 84.2 Å². The van der Waals surface area contributed by atoms with Crippen molar-refractivity contribution in [2.45, 2.75) is 18.0 Å². The Kier molecular flexibility index (Phi) is 5.14. The van der Waals surface area contributed by atoms with Crippen molar-refractivity contribution in [1.29, 1.82) is 0 Å². The molecule has 7 nitrogen and oxygen atoms in total. The minimum Gasteiger partial charge on any atom is -0.394 e. The number of halogens is 1. The highest BCUT2D eigenvalue weighted by atomic mass is 19.1. The molecule has 5 rings (SSSR count). The van der Waals surface area contributed by atoms with Crippen molar-refractivity contribution < 1.29 is 19.1 Å². The highest BCUT2D eigenvalue weighted by Gasteiger charge is 2.54. The zero-order valence-electron chi connectivity index (χ0n) is 17.1. The largest absolute Gasteiger partial charge is 0.394 e. The number of fused-ring (bicyclic) bond motifs is 1. The molecule has 32 heavy (non-hydrogen) atoms. The van der Waals surface area contributed by atoms with E-state index in [9.17, 15) is 19.1 Å². The van der Waals surface area contributed by atoms with Gasteiger partial charge in [0, 0.05) is 24.9 Å². The summed E-state index contributed by atoms with van der Waals surface area (Å²) in [5.74, 6) is -0.929. The predicted molar refractivity (Wildman–Crippen MR) is 114 cm³/mol. The van der Waals surface area contributed by atoms with Crippen molar-refractivity contribution in [1.82, 2.24) is 19.8 Å². The van der Waals surface area contributed by atoms with E-state index in [1.807, 2.05) is 30.3 Å². The Labute approximate surface area is 184 Å². The molecule has 2 amide bonds. The van der Waals surface area contributed by atoms with Gasteiger partial charge in [-0.2, -0.15) is 0 Å². The molecule has 8 heteroatoms. The number of nitrogens with zero attached hydrogens (tertiary/aromatic N) is 4. The molecule has 1 aromatic heterocycles. The van der Waals surface area contributed by atoms with E-state index in [4.69, 9.17) is 0 Å². The van der Waals surface area contributed by atoms with Crippen LogP contribution in [0.4, 0.5) is 4.39 Å². The Morgan fingerprint density at radius 3 is 2.62 bits per heavy atom. The standard InChI is InChI=1S/C24H21FN4O3/c25-18-3-1-2-17(10-18)15-4-6-16(7-5-15)23-20-12-28(13-22(31)29(20)21(23)14-30)24(32)19-11-26-8-9-27-19/h1-11,20-21,23,30H,12-14H2/t20-,21-,23-/m0/s1. The number of rotatable bonds is 4. The number of carbonyl (C=O) groups is 2. The predicted octanol–water partition coefficient (Wildman–Crippen LogP) is 2.09. The number of piperazine rings is 1. The van der Waals surface area contributed by atoms with Crippen LogP contribution in [-0.2, 0) is 4.79 Å². The van der Waals surface area contributed by atoms with Crippen molar-refractivity contribution in [2.75, 3.05) is 19.7 Å². The Hall–Kier alpha value is -3.65. The second-order valence-electron chi connectivity index (χ2n) is 8.05. The summed E-state index contributed by atoms with van der Waals surface area (Å²) in [6.07, 6.45) is 4.32. The van der Waals surface area contributed by atoms with Gasteiger partial charge in [-0.1, -0.05) is 36.4 Å². The second-order valence-corrected chi connectivity index (χ2v) is 8.05. The quantitative estimate of drug-likeness (QED) is 0.682. The number of benzene rings is 2. The first-order chi connectivity index (χ1) is 15.6. The van der Waals surface area contributed by atoms with E-state index in [1.54, 1.807) is 11.0 Å². The summed E-state index contributed by atoms with van der Waals surface area (Å²) in [6.45, 7) is 0.151. The van der Waals surface area contributed by atoms with E-state index in [0.29, 0.717) is 6.54 Å². The summed E-state index contributed by atoms with van der Waals surface area (Å²) in [7, 11) is 0. The third kappa shape index (κ3) is 3.42. The number of carbonyl (C=O) groups excluding carboxylic acids is 2. The fourth-order valence-corrected chi connectivity index (χ4v) is 4.79. The number of amides is 2. The summed E-state index contributed by atoms with van der Waals surface area (Å²) in [4.78, 5) is 36.7. The number of aromatic nitrogens is 2. The van der Waals surface area contributed by atoms with Crippen molar-refractivity contribution in [2.24, 2.45) is 0 Å². The Morgan fingerprint density at radius 2 is 1.94 bits per heavy atom. The van der Waals surface area contributed by atoms with Gasteiger partial charge in [0.25, 0.3) is 5.91 Å². The van der Waals surface area contributed by atoms with Crippen LogP contribution < -0.4 is 0 Å². The molecule has 162 valence electrons. The molecule has 2 saturated heterocycles. The van der Waals surface area contributed by atoms with Gasteiger partial charge in [-0.05, 0) is 28.8 Å². The van der Waals surface area contributed by atoms with Crippen LogP contribution in [0.1, 0.15) is 22.0 Å². The lowest BCUT2D eigenvalue weighted by Gasteiger charge is -2.58. The number of aliphatic hydroxyl groups is 1. The lowest BCUT2D eigenvalue weighted by molar-refractivity contribution is -0.159. The van der Waals surface area contributed by atoms with Crippen LogP contribution in [0.3, 0.4) is 0 Å². The Balaban J connectivity index is 1.39. The zero-order chi connectivity index (χ0) is 22.2. The lowest BCUT2D eigenvalue weighted by Crippen LogP contribution is -2.73. The van der Waals surface area contributed by atoms with Crippen LogP contribution in [0.5, 0.6) is 0 Å². The average Bonchev–Trinajstić information content (AvgIpc) is 2.81. The topological polar surface area (TPSA) is 86.6 Å². The number of hydrogen-bond donors (Lipinski definition) is 1. The molecule has 2 aromatic carbocycles. The van der Waals surface area contributed by atoms with Crippen LogP contribution in [0, 0.1) is 5.82 Å². The molecule has 0 bridgehead atoms. The first-order valence-corrected chi connectivity index (χ1v) is 10.4. The van der Waals surface area contributed by atoms with Crippen molar-refractivity contribution in [3.63, 3.8) is 0 Å². The molecular formula is C24H21FN4O3. The molecule has 2 aliphatic heterocycles. The van der Waals surface area contributed by atoms with E-state index in [0.717, 1.165) is 16.7 Å². The SMILES string of the molecule is O=C(c1cnccn1)N1CC(=O)N2[C@@H](CO)[C@@H](c3ccc(-c4cccc(F)c4)cc3)[C@@H]2C1. The van der Waals surface area contributed by atoms with Gasteiger partial charge in [-0.25, -0.2) is 9.37 Å². The smallest absolute Gasteiger partial charge is 0.274 e. The normalized spacial score (nSPS) is 22.3. The molecule has 2 aliphatic rings. The first kappa shape index (κ1) is 20.3. The molecule has 0 spiro atoms. The summed E-state index contributed by atoms with van der Waals surface area (Å²) < 4.78 is 13.6. The highest BCUT2D eigenvalue weighted by Crippen LogP contribution is 2.43. The maximum Gasteiger partial charge on any atom is 0.274 e. The Morgan fingerprint density at radius 1 is 1.12 bits per heavy atom. The number of hydrogen-bond acceptors (Lipinski definition) is 5. The van der Waals surface area contributed by atoms with Gasteiger partial charge in [0.1, 0.15) is 18.1 Å². The molecule has 1 N–H and O–H groups in total. The molecule has 2 fully saturated rings. The van der Waals surface area contributed by atoms with E-state index < -0.39 is 0 Å². The van der Waals surface area contributed by atoms with E-state index in [1.165, 1.54) is 35.6 Å². The maximum atomic E-state index is 13.6. The van der Waals surface area contributed by atoms with Crippen LogP contribution in [0.2, 0.25) is 0 Å². The average molecular weight is 432 g/mol. The minimum atomic E-state index is -0.334. The van der Waals surface area contributed by atoms with Crippen molar-refractivity contribution in [3.8, 4) is 11.1 Å². The monoisotopic (exact) mass is 432 g/mol. The molecule has 0 aliphatic carbocycles. The molecular weight excluding hydrogens is 411 g/mol. The lowest BCUT2D eigenvalue weighted by atomic mass is 9.73. The van der Waals surface area contributed by atoms with Gasteiger partial charge in [0.15, 0.2) is 0 Å². The van der Waals surface area contributed by atoms with E-state index >= 15 is 0 Å². The van der Waals surface area contributed by atoms with Crippen LogP contribution in [-0.4, -0.2) is 68.5 Å². The van der Waals surface area contributed by atoms with Crippen molar-refractivity contribution >= 4 is 11.8 Å². The molecule has 0 saturated carbocycles.